The fourth-order valence-electron chi connectivity index (χ4n) is 2.69. The molecule has 1 atom stereocenters. The van der Waals surface area contributed by atoms with Crippen LogP contribution in [-0.4, -0.2) is 29.6 Å². The fraction of sp³-hybridized carbons (Fsp3) is 0.600. The molecule has 1 unspecified atom stereocenters. The van der Waals surface area contributed by atoms with Gasteiger partial charge in [0.2, 0.25) is 0 Å². The van der Waals surface area contributed by atoms with Crippen LogP contribution in [0.15, 0.2) is 18.2 Å². The van der Waals surface area contributed by atoms with Gasteiger partial charge in [0.1, 0.15) is 0 Å². The Kier molecular flexibility index (Phi) is 4.78. The number of piperazine rings is 1. The van der Waals surface area contributed by atoms with E-state index in [9.17, 15) is 0 Å². The Balaban J connectivity index is 2.16. The number of halogens is 2. The molecule has 4 heteroatoms. The molecule has 0 spiro atoms. The van der Waals surface area contributed by atoms with Gasteiger partial charge in [-0.1, -0.05) is 30.1 Å². The van der Waals surface area contributed by atoms with E-state index >= 15 is 0 Å². The Morgan fingerprint density at radius 1 is 1.37 bits per heavy atom. The Morgan fingerprint density at radius 2 is 2.11 bits per heavy atom. The summed E-state index contributed by atoms with van der Waals surface area (Å²) in [4.78, 5) is 2.51. The van der Waals surface area contributed by atoms with E-state index in [1.807, 2.05) is 18.2 Å². The van der Waals surface area contributed by atoms with Crippen LogP contribution >= 0.6 is 23.2 Å². The lowest BCUT2D eigenvalue weighted by atomic mass is 9.97. The van der Waals surface area contributed by atoms with Gasteiger partial charge in [-0.05, 0) is 44.0 Å². The summed E-state index contributed by atoms with van der Waals surface area (Å²) >= 11 is 12.3. The van der Waals surface area contributed by atoms with E-state index in [2.05, 4.69) is 31.0 Å². The van der Waals surface area contributed by atoms with Crippen molar-refractivity contribution in [3.63, 3.8) is 0 Å². The van der Waals surface area contributed by atoms with Crippen LogP contribution in [0.2, 0.25) is 10.0 Å². The molecule has 1 aromatic carbocycles. The van der Waals surface area contributed by atoms with Gasteiger partial charge >= 0.3 is 0 Å². The summed E-state index contributed by atoms with van der Waals surface area (Å²) in [5.74, 6) is 0. The van der Waals surface area contributed by atoms with E-state index in [0.717, 1.165) is 41.7 Å². The standard InChI is InChI=1S/C15H22Cl2N2/c1-4-13-8-18-15(2,3)10-19(13)9-11-7-12(16)5-6-14(11)17/h5-7,13,18H,4,8-10H2,1-3H3. The quantitative estimate of drug-likeness (QED) is 0.909. The number of benzene rings is 1. The van der Waals surface area contributed by atoms with Gasteiger partial charge in [-0.2, -0.15) is 0 Å². The second-order valence-electron chi connectivity index (χ2n) is 5.97. The summed E-state index contributed by atoms with van der Waals surface area (Å²) in [7, 11) is 0. The first-order valence-electron chi connectivity index (χ1n) is 6.84. The molecule has 0 amide bonds. The normalized spacial score (nSPS) is 23.5. The predicted molar refractivity (Wildman–Crippen MR) is 83.0 cm³/mol. The van der Waals surface area contributed by atoms with E-state index in [1.165, 1.54) is 0 Å². The number of rotatable bonds is 3. The summed E-state index contributed by atoms with van der Waals surface area (Å²) < 4.78 is 0. The van der Waals surface area contributed by atoms with E-state index in [-0.39, 0.29) is 5.54 Å². The maximum Gasteiger partial charge on any atom is 0.0452 e. The van der Waals surface area contributed by atoms with Gasteiger partial charge in [-0.25, -0.2) is 0 Å². The molecule has 0 bridgehead atoms. The Morgan fingerprint density at radius 3 is 2.79 bits per heavy atom. The zero-order chi connectivity index (χ0) is 14.0. The number of hydrogen-bond acceptors (Lipinski definition) is 2. The Hall–Kier alpha value is -0.280. The molecule has 0 saturated carbocycles. The van der Waals surface area contributed by atoms with Crippen molar-refractivity contribution in [2.75, 3.05) is 13.1 Å². The SMILES string of the molecule is CCC1CNC(C)(C)CN1Cc1cc(Cl)ccc1Cl. The van der Waals surface area contributed by atoms with Crippen molar-refractivity contribution >= 4 is 23.2 Å². The lowest BCUT2D eigenvalue weighted by Crippen LogP contribution is -2.61. The molecule has 1 fully saturated rings. The minimum Gasteiger partial charge on any atom is -0.309 e. The number of hydrogen-bond donors (Lipinski definition) is 1. The van der Waals surface area contributed by atoms with Gasteiger partial charge in [0, 0.05) is 41.3 Å². The third kappa shape index (κ3) is 3.85. The molecule has 0 radical (unpaired) electrons. The molecule has 1 aliphatic heterocycles. The van der Waals surface area contributed by atoms with E-state index < -0.39 is 0 Å². The average molecular weight is 301 g/mol. The summed E-state index contributed by atoms with van der Waals surface area (Å²) in [6.07, 6.45) is 1.14. The molecule has 2 nitrogen and oxygen atoms in total. The van der Waals surface area contributed by atoms with Crippen molar-refractivity contribution in [1.82, 2.24) is 10.2 Å². The second-order valence-corrected chi connectivity index (χ2v) is 6.81. The minimum atomic E-state index is 0.150. The van der Waals surface area contributed by atoms with Gasteiger partial charge in [0.25, 0.3) is 0 Å². The molecular formula is C15H22Cl2N2. The van der Waals surface area contributed by atoms with Gasteiger partial charge in [-0.15, -0.1) is 0 Å². The highest BCUT2D eigenvalue weighted by molar-refractivity contribution is 6.33. The molecule has 2 rings (SSSR count). The van der Waals surface area contributed by atoms with Gasteiger partial charge < -0.3 is 5.32 Å². The van der Waals surface area contributed by atoms with Crippen LogP contribution in [0, 0.1) is 0 Å². The van der Waals surface area contributed by atoms with Crippen molar-refractivity contribution in [2.24, 2.45) is 0 Å². The first kappa shape index (κ1) is 15.1. The highest BCUT2D eigenvalue weighted by atomic mass is 35.5. The highest BCUT2D eigenvalue weighted by Gasteiger charge is 2.31. The molecule has 1 aromatic rings. The summed E-state index contributed by atoms with van der Waals surface area (Å²) in [5, 5.41) is 5.15. The zero-order valence-electron chi connectivity index (χ0n) is 11.8. The predicted octanol–water partition coefficient (Wildman–Crippen LogP) is 3.96. The van der Waals surface area contributed by atoms with Crippen molar-refractivity contribution in [3.8, 4) is 0 Å². The van der Waals surface area contributed by atoms with Crippen LogP contribution in [0.5, 0.6) is 0 Å². The summed E-state index contributed by atoms with van der Waals surface area (Å²) in [6, 6.07) is 6.26. The molecule has 0 aliphatic carbocycles. The number of nitrogens with one attached hydrogen (secondary N) is 1. The second kappa shape index (κ2) is 6.01. The summed E-state index contributed by atoms with van der Waals surface area (Å²) in [5.41, 5.74) is 1.27. The van der Waals surface area contributed by atoms with Crippen LogP contribution in [0.1, 0.15) is 32.8 Å². The lowest BCUT2D eigenvalue weighted by molar-refractivity contribution is 0.0859. The van der Waals surface area contributed by atoms with Gasteiger partial charge in [-0.3, -0.25) is 4.90 Å². The van der Waals surface area contributed by atoms with Crippen molar-refractivity contribution in [3.05, 3.63) is 33.8 Å². The molecule has 1 aliphatic rings. The van der Waals surface area contributed by atoms with Crippen molar-refractivity contribution in [1.29, 1.82) is 0 Å². The Bertz CT molecular complexity index is 446. The smallest absolute Gasteiger partial charge is 0.0452 e. The molecule has 1 saturated heterocycles. The Labute approximate surface area is 126 Å². The van der Waals surface area contributed by atoms with E-state index in [4.69, 9.17) is 23.2 Å². The van der Waals surface area contributed by atoms with Crippen molar-refractivity contribution < 1.29 is 0 Å². The first-order chi connectivity index (χ1) is 8.91. The van der Waals surface area contributed by atoms with Gasteiger partial charge in [0.05, 0.1) is 0 Å². The van der Waals surface area contributed by atoms with Crippen LogP contribution < -0.4 is 5.32 Å². The molecule has 19 heavy (non-hydrogen) atoms. The van der Waals surface area contributed by atoms with E-state index in [1.54, 1.807) is 0 Å². The fourth-order valence-corrected chi connectivity index (χ4v) is 3.06. The molecular weight excluding hydrogens is 279 g/mol. The van der Waals surface area contributed by atoms with Crippen LogP contribution in [0.25, 0.3) is 0 Å². The molecule has 1 heterocycles. The monoisotopic (exact) mass is 300 g/mol. The summed E-state index contributed by atoms with van der Waals surface area (Å²) in [6.45, 7) is 9.63. The lowest BCUT2D eigenvalue weighted by Gasteiger charge is -2.44. The highest BCUT2D eigenvalue weighted by Crippen LogP contribution is 2.25. The largest absolute Gasteiger partial charge is 0.309 e. The van der Waals surface area contributed by atoms with Crippen LogP contribution in [-0.2, 0) is 6.54 Å². The molecule has 1 N–H and O–H groups in total. The minimum absolute atomic E-state index is 0.150. The third-order valence-corrected chi connectivity index (χ3v) is 4.39. The van der Waals surface area contributed by atoms with Crippen LogP contribution in [0.3, 0.4) is 0 Å². The maximum atomic E-state index is 6.28. The van der Waals surface area contributed by atoms with Gasteiger partial charge in [0.15, 0.2) is 0 Å². The van der Waals surface area contributed by atoms with Crippen molar-refractivity contribution in [2.45, 2.75) is 45.3 Å². The maximum absolute atomic E-state index is 6.28. The molecule has 0 aromatic heterocycles. The zero-order valence-corrected chi connectivity index (χ0v) is 13.4. The average Bonchev–Trinajstić information content (AvgIpc) is 2.33. The third-order valence-electron chi connectivity index (χ3n) is 3.78. The number of nitrogens with zero attached hydrogens (tertiary/aromatic N) is 1. The first-order valence-corrected chi connectivity index (χ1v) is 7.60. The van der Waals surface area contributed by atoms with Crippen LogP contribution in [0.4, 0.5) is 0 Å². The molecule has 106 valence electrons. The topological polar surface area (TPSA) is 15.3 Å². The van der Waals surface area contributed by atoms with E-state index in [0.29, 0.717) is 6.04 Å².